The van der Waals surface area contributed by atoms with Gasteiger partial charge in [-0.25, -0.2) is 0 Å². The predicted octanol–water partition coefficient (Wildman–Crippen LogP) is 2.49. The molecule has 0 aliphatic heterocycles. The highest BCUT2D eigenvalue weighted by molar-refractivity contribution is 5.52. The van der Waals surface area contributed by atoms with Crippen LogP contribution in [0.1, 0.15) is 26.0 Å². The molecule has 0 amide bonds. The number of methoxy groups -OCH3 is 1. The smallest absolute Gasteiger partial charge is 0.144 e. The molecule has 0 spiro atoms. The lowest BCUT2D eigenvalue weighted by Crippen LogP contribution is -2.23. The molecule has 88 valence electrons. The second-order valence-electron chi connectivity index (χ2n) is 3.89. The summed E-state index contributed by atoms with van der Waals surface area (Å²) in [7, 11) is 1.66. The maximum atomic E-state index is 5.21. The lowest BCUT2D eigenvalue weighted by Gasteiger charge is -2.05. The molecule has 0 saturated heterocycles. The van der Waals surface area contributed by atoms with Crippen LogP contribution in [0.3, 0.4) is 0 Å². The molecule has 1 heterocycles. The Labute approximate surface area is 97.5 Å². The maximum absolute atomic E-state index is 5.21. The minimum atomic E-state index is 0.540. The van der Waals surface area contributed by atoms with Gasteiger partial charge in [0, 0.05) is 12.2 Å². The van der Waals surface area contributed by atoms with Crippen LogP contribution in [-0.2, 0) is 0 Å². The van der Waals surface area contributed by atoms with Gasteiger partial charge in [0.15, 0.2) is 0 Å². The van der Waals surface area contributed by atoms with Crippen molar-refractivity contribution in [2.24, 2.45) is 0 Å². The van der Waals surface area contributed by atoms with Crippen LogP contribution in [0.4, 0.5) is 0 Å². The van der Waals surface area contributed by atoms with Crippen molar-refractivity contribution < 1.29 is 4.74 Å². The van der Waals surface area contributed by atoms with Gasteiger partial charge in [-0.05, 0) is 31.2 Å². The molecule has 1 N–H and O–H groups in total. The summed E-state index contributed by atoms with van der Waals surface area (Å²) in [6, 6.07) is 4.33. The average molecular weight is 220 g/mol. The van der Waals surface area contributed by atoms with Crippen LogP contribution >= 0.6 is 0 Å². The molecule has 0 atom stereocenters. The molecule has 0 radical (unpaired) electrons. The van der Waals surface area contributed by atoms with Gasteiger partial charge in [-0.15, -0.1) is 0 Å². The zero-order valence-electron chi connectivity index (χ0n) is 10.2. The molecule has 16 heavy (non-hydrogen) atoms. The fourth-order valence-corrected chi connectivity index (χ4v) is 1.35. The third-order valence-electron chi connectivity index (χ3n) is 2.16. The van der Waals surface area contributed by atoms with E-state index in [9.17, 15) is 0 Å². The van der Waals surface area contributed by atoms with E-state index in [1.54, 1.807) is 13.3 Å². The molecule has 1 rings (SSSR count). The molecule has 3 nitrogen and oxygen atoms in total. The highest BCUT2D eigenvalue weighted by atomic mass is 16.5. The fraction of sp³-hybridized carbons (Fsp3) is 0.462. The topological polar surface area (TPSA) is 34.1 Å². The third-order valence-corrected chi connectivity index (χ3v) is 2.16. The lowest BCUT2D eigenvalue weighted by atomic mass is 10.2. The van der Waals surface area contributed by atoms with Crippen molar-refractivity contribution in [3.05, 3.63) is 30.1 Å². The molecule has 0 saturated carbocycles. The van der Waals surface area contributed by atoms with E-state index >= 15 is 0 Å². The van der Waals surface area contributed by atoms with E-state index in [1.807, 2.05) is 18.2 Å². The second kappa shape index (κ2) is 7.01. The Balaban J connectivity index is 2.43. The molecular formula is C13H20N2O. The molecule has 0 aliphatic carbocycles. The lowest BCUT2D eigenvalue weighted by molar-refractivity contribution is 0.412. The number of nitrogens with one attached hydrogen (secondary N) is 1. The van der Waals surface area contributed by atoms with E-state index in [1.165, 1.54) is 0 Å². The van der Waals surface area contributed by atoms with Crippen molar-refractivity contribution in [3.8, 4) is 5.75 Å². The minimum absolute atomic E-state index is 0.540. The van der Waals surface area contributed by atoms with Gasteiger partial charge in [-0.2, -0.15) is 0 Å². The predicted molar refractivity (Wildman–Crippen MR) is 67.6 cm³/mol. The number of aromatic nitrogens is 1. The van der Waals surface area contributed by atoms with Gasteiger partial charge in [-0.1, -0.05) is 19.9 Å². The van der Waals surface area contributed by atoms with Crippen LogP contribution in [0.5, 0.6) is 5.75 Å². The largest absolute Gasteiger partial charge is 0.494 e. The third kappa shape index (κ3) is 4.45. The Morgan fingerprint density at radius 3 is 3.00 bits per heavy atom. The molecule has 1 aromatic rings. The zero-order valence-corrected chi connectivity index (χ0v) is 10.2. The standard InChI is InChI=1S/C13H20N2O/c1-11(2)14-9-5-4-7-12-13(16-3)8-6-10-15-12/h4,6-8,10-11,14H,5,9H2,1-3H3/b7-4+. The number of nitrogens with zero attached hydrogens (tertiary/aromatic N) is 1. The van der Waals surface area contributed by atoms with Gasteiger partial charge in [0.2, 0.25) is 0 Å². The Hall–Kier alpha value is -1.35. The number of pyridine rings is 1. The van der Waals surface area contributed by atoms with Crippen molar-refractivity contribution in [3.63, 3.8) is 0 Å². The highest BCUT2D eigenvalue weighted by Crippen LogP contribution is 2.15. The van der Waals surface area contributed by atoms with Crippen molar-refractivity contribution in [2.45, 2.75) is 26.3 Å². The monoisotopic (exact) mass is 220 g/mol. The van der Waals surface area contributed by atoms with Crippen LogP contribution in [0.25, 0.3) is 6.08 Å². The summed E-state index contributed by atoms with van der Waals surface area (Å²) in [4.78, 5) is 4.25. The fourth-order valence-electron chi connectivity index (χ4n) is 1.35. The van der Waals surface area contributed by atoms with E-state index in [0.717, 1.165) is 24.4 Å². The van der Waals surface area contributed by atoms with Crippen molar-refractivity contribution >= 4 is 6.08 Å². The first kappa shape index (κ1) is 12.7. The molecule has 0 fully saturated rings. The van der Waals surface area contributed by atoms with E-state index in [4.69, 9.17) is 4.74 Å². The Bertz CT molecular complexity index is 334. The minimum Gasteiger partial charge on any atom is -0.494 e. The Morgan fingerprint density at radius 2 is 2.31 bits per heavy atom. The second-order valence-corrected chi connectivity index (χ2v) is 3.89. The van der Waals surface area contributed by atoms with E-state index in [2.05, 4.69) is 30.2 Å². The van der Waals surface area contributed by atoms with Crippen LogP contribution in [-0.4, -0.2) is 24.7 Å². The van der Waals surface area contributed by atoms with Crippen molar-refractivity contribution in [2.75, 3.05) is 13.7 Å². The van der Waals surface area contributed by atoms with Crippen molar-refractivity contribution in [1.82, 2.24) is 10.3 Å². The maximum Gasteiger partial charge on any atom is 0.144 e. The number of ether oxygens (including phenoxy) is 1. The zero-order chi connectivity index (χ0) is 11.8. The SMILES string of the molecule is COc1cccnc1/C=C/CCNC(C)C. The summed E-state index contributed by atoms with van der Waals surface area (Å²) < 4.78 is 5.21. The molecule has 0 aromatic carbocycles. The number of hydrogen-bond acceptors (Lipinski definition) is 3. The first-order valence-corrected chi connectivity index (χ1v) is 5.63. The molecule has 3 heteroatoms. The van der Waals surface area contributed by atoms with Gasteiger partial charge in [0.1, 0.15) is 11.4 Å². The molecule has 0 aliphatic rings. The van der Waals surface area contributed by atoms with E-state index < -0.39 is 0 Å². The van der Waals surface area contributed by atoms with Gasteiger partial charge in [0.05, 0.1) is 7.11 Å². The Morgan fingerprint density at radius 1 is 1.50 bits per heavy atom. The van der Waals surface area contributed by atoms with Gasteiger partial charge >= 0.3 is 0 Å². The van der Waals surface area contributed by atoms with E-state index in [0.29, 0.717) is 6.04 Å². The van der Waals surface area contributed by atoms with Crippen LogP contribution in [0.15, 0.2) is 24.4 Å². The molecule has 0 unspecified atom stereocenters. The Kier molecular flexibility index (Phi) is 5.57. The quantitative estimate of drug-likeness (QED) is 0.748. The summed E-state index contributed by atoms with van der Waals surface area (Å²) >= 11 is 0. The number of hydrogen-bond donors (Lipinski definition) is 1. The summed E-state index contributed by atoms with van der Waals surface area (Å²) in [5.74, 6) is 0.815. The first-order chi connectivity index (χ1) is 7.74. The van der Waals surface area contributed by atoms with E-state index in [-0.39, 0.29) is 0 Å². The average Bonchev–Trinajstić information content (AvgIpc) is 2.29. The summed E-state index contributed by atoms with van der Waals surface area (Å²) in [6.07, 6.45) is 6.88. The summed E-state index contributed by atoms with van der Waals surface area (Å²) in [6.45, 7) is 5.28. The van der Waals surface area contributed by atoms with Crippen molar-refractivity contribution in [1.29, 1.82) is 0 Å². The molecule has 0 bridgehead atoms. The summed E-state index contributed by atoms with van der Waals surface area (Å²) in [5.41, 5.74) is 0.884. The van der Waals surface area contributed by atoms with Gasteiger partial charge in [-0.3, -0.25) is 4.98 Å². The highest BCUT2D eigenvalue weighted by Gasteiger charge is 1.97. The summed E-state index contributed by atoms with van der Waals surface area (Å²) in [5, 5.41) is 3.36. The van der Waals surface area contributed by atoms with Crippen LogP contribution < -0.4 is 10.1 Å². The van der Waals surface area contributed by atoms with Gasteiger partial charge < -0.3 is 10.1 Å². The normalized spacial score (nSPS) is 11.2. The van der Waals surface area contributed by atoms with Crippen LogP contribution in [0.2, 0.25) is 0 Å². The molecule has 1 aromatic heterocycles. The van der Waals surface area contributed by atoms with Crippen LogP contribution in [0, 0.1) is 0 Å². The first-order valence-electron chi connectivity index (χ1n) is 5.63. The van der Waals surface area contributed by atoms with Gasteiger partial charge in [0.25, 0.3) is 0 Å². The number of rotatable bonds is 6. The molecular weight excluding hydrogens is 200 g/mol.